The first kappa shape index (κ1) is 21.2. The van der Waals surface area contributed by atoms with Gasteiger partial charge in [0.25, 0.3) is 5.91 Å². The van der Waals surface area contributed by atoms with Crippen molar-refractivity contribution in [1.82, 2.24) is 9.88 Å². The fourth-order valence-electron chi connectivity index (χ4n) is 3.95. The quantitative estimate of drug-likeness (QED) is 0.552. The first-order valence-corrected chi connectivity index (χ1v) is 10.1. The summed E-state index contributed by atoms with van der Waals surface area (Å²) in [6.07, 6.45) is 0.449. The molecule has 1 aromatic heterocycles. The van der Waals surface area contributed by atoms with Gasteiger partial charge < -0.3 is 19.7 Å². The average Bonchev–Trinajstić information content (AvgIpc) is 3.36. The highest BCUT2D eigenvalue weighted by molar-refractivity contribution is 6.45. The summed E-state index contributed by atoms with van der Waals surface area (Å²) in [6, 6.07) is 9.45. The molecule has 0 radical (unpaired) electrons. The minimum Gasteiger partial charge on any atom is -0.478 e. The van der Waals surface area contributed by atoms with Gasteiger partial charge in [0, 0.05) is 30.1 Å². The monoisotopic (exact) mass is 457 g/mol. The van der Waals surface area contributed by atoms with Gasteiger partial charge in [-0.25, -0.2) is 9.64 Å². The van der Waals surface area contributed by atoms with Gasteiger partial charge in [0.2, 0.25) is 0 Å². The molecule has 4 rings (SSSR count). The molecule has 0 saturated carbocycles. The fraction of sp³-hybridized carbons (Fsp3) is 0.227. The van der Waals surface area contributed by atoms with Crippen molar-refractivity contribution in [2.75, 3.05) is 13.2 Å². The number of carbonyl (C=O) groups excluding carboxylic acids is 1. The molecule has 3 aromatic rings. The van der Waals surface area contributed by atoms with Gasteiger partial charge in [-0.3, -0.25) is 4.79 Å². The molecule has 1 amide bonds. The largest absolute Gasteiger partial charge is 0.478 e. The summed E-state index contributed by atoms with van der Waals surface area (Å²) in [5, 5.41) is 13.7. The van der Waals surface area contributed by atoms with Crippen LogP contribution in [0.2, 0.25) is 10.0 Å². The molecule has 1 fully saturated rings. The van der Waals surface area contributed by atoms with Crippen LogP contribution in [-0.4, -0.2) is 34.8 Å². The van der Waals surface area contributed by atoms with Gasteiger partial charge >= 0.3 is 5.97 Å². The molecule has 7 nitrogen and oxygen atoms in total. The number of benzene rings is 2. The molecule has 1 atom stereocenters. The zero-order valence-corrected chi connectivity index (χ0v) is 17.9. The molecule has 0 aliphatic carbocycles. The Morgan fingerprint density at radius 2 is 2.03 bits per heavy atom. The normalized spacial score (nSPS) is 18.1. The Hall–Kier alpha value is -3.05. The molecule has 31 heavy (non-hydrogen) atoms. The van der Waals surface area contributed by atoms with Crippen LogP contribution in [-0.2, 0) is 17.3 Å². The first-order chi connectivity index (χ1) is 14.8. The summed E-state index contributed by atoms with van der Waals surface area (Å²) in [5.74, 6) is -1.49. The number of nitrogens with zero attached hydrogens (tertiary/aromatic N) is 2. The van der Waals surface area contributed by atoms with Gasteiger partial charge in [-0.05, 0) is 42.3 Å². The maximum absolute atomic E-state index is 13.3. The van der Waals surface area contributed by atoms with Crippen molar-refractivity contribution in [3.05, 3.63) is 74.7 Å². The third-order valence-corrected chi connectivity index (χ3v) is 6.42. The van der Waals surface area contributed by atoms with Crippen LogP contribution >= 0.6 is 23.2 Å². The summed E-state index contributed by atoms with van der Waals surface area (Å²) in [5.41, 5.74) is 0.873. The molecular formula is C22H17Cl2N3O4. The van der Waals surface area contributed by atoms with E-state index in [-0.39, 0.29) is 23.8 Å². The highest BCUT2D eigenvalue weighted by Gasteiger charge is 2.40. The number of carboxylic acids is 1. The summed E-state index contributed by atoms with van der Waals surface area (Å²) in [4.78, 5) is 28.1. The van der Waals surface area contributed by atoms with Gasteiger partial charge in [-0.2, -0.15) is 0 Å². The molecule has 2 aromatic carbocycles. The molecular weight excluding hydrogens is 441 g/mol. The molecule has 2 heterocycles. The maximum atomic E-state index is 13.3. The number of halogens is 2. The third kappa shape index (κ3) is 3.53. The molecule has 2 N–H and O–H groups in total. The van der Waals surface area contributed by atoms with E-state index in [2.05, 4.69) is 10.2 Å². The van der Waals surface area contributed by atoms with Crippen LogP contribution in [0.1, 0.15) is 32.8 Å². The lowest BCUT2D eigenvalue weighted by Gasteiger charge is -2.30. The van der Waals surface area contributed by atoms with Crippen LogP contribution in [0.4, 0.5) is 5.69 Å². The third-order valence-electron chi connectivity index (χ3n) is 5.60. The maximum Gasteiger partial charge on any atom is 0.334 e. The van der Waals surface area contributed by atoms with Gasteiger partial charge in [0.15, 0.2) is 5.69 Å². The Labute approximate surface area is 187 Å². The smallest absolute Gasteiger partial charge is 0.334 e. The Morgan fingerprint density at radius 3 is 2.68 bits per heavy atom. The van der Waals surface area contributed by atoms with E-state index < -0.39 is 11.5 Å². The number of nitrogens with one attached hydrogen (secondary N) is 1. The zero-order chi connectivity index (χ0) is 22.3. The Bertz CT molecular complexity index is 1270. The van der Waals surface area contributed by atoms with E-state index in [1.165, 1.54) is 12.1 Å². The van der Waals surface area contributed by atoms with Crippen molar-refractivity contribution in [3.8, 4) is 0 Å². The predicted octanol–water partition coefficient (Wildman–Crippen LogP) is 4.78. The number of carbonyl (C=O) groups is 2. The number of fused-ring (bicyclic) bond motifs is 1. The molecule has 1 saturated heterocycles. The molecule has 1 aliphatic rings. The second kappa shape index (κ2) is 7.89. The number of aryl methyl sites for hydroxylation is 1. The second-order valence-electron chi connectivity index (χ2n) is 7.37. The lowest BCUT2D eigenvalue weighted by Crippen LogP contribution is -2.47. The predicted molar refractivity (Wildman–Crippen MR) is 117 cm³/mol. The molecule has 158 valence electrons. The lowest BCUT2D eigenvalue weighted by atomic mass is 9.86. The van der Waals surface area contributed by atoms with Crippen LogP contribution in [0.25, 0.3) is 15.7 Å². The van der Waals surface area contributed by atoms with E-state index in [0.29, 0.717) is 39.7 Å². The van der Waals surface area contributed by atoms with Crippen LogP contribution in [0.5, 0.6) is 0 Å². The first-order valence-electron chi connectivity index (χ1n) is 9.36. The Morgan fingerprint density at radius 1 is 1.26 bits per heavy atom. The standard InChI is InChI=1S/C22H17Cl2N3O4/c1-25-16-9-12(21(29)30)3-4-14(16)22(7-8-31-11-22)26-20(28)18-10-13-17(27(18)2)6-5-15(23)19(13)24/h3-6,9-10H,7-8,11H2,2H3,(H,26,28)(H,29,30). The van der Waals surface area contributed by atoms with Crippen LogP contribution in [0.3, 0.4) is 0 Å². The average molecular weight is 458 g/mol. The lowest BCUT2D eigenvalue weighted by molar-refractivity contribution is 0.0696. The van der Waals surface area contributed by atoms with E-state index in [9.17, 15) is 14.7 Å². The number of amides is 1. The summed E-state index contributed by atoms with van der Waals surface area (Å²) < 4.78 is 7.30. The Balaban J connectivity index is 1.76. The zero-order valence-electron chi connectivity index (χ0n) is 16.4. The summed E-state index contributed by atoms with van der Waals surface area (Å²) in [7, 11) is 1.76. The minimum absolute atomic E-state index is 0.00958. The van der Waals surface area contributed by atoms with Crippen molar-refractivity contribution in [1.29, 1.82) is 0 Å². The van der Waals surface area contributed by atoms with E-state index in [1.807, 2.05) is 0 Å². The van der Waals surface area contributed by atoms with Crippen LogP contribution in [0, 0.1) is 6.57 Å². The van der Waals surface area contributed by atoms with E-state index in [0.717, 1.165) is 5.52 Å². The SMILES string of the molecule is [C-]#[N+]c1cc(C(=O)O)ccc1C1(NC(=O)c2cc3c(Cl)c(Cl)ccc3n2C)CCOC1. The summed E-state index contributed by atoms with van der Waals surface area (Å²) >= 11 is 12.4. The van der Waals surface area contributed by atoms with Crippen molar-refractivity contribution < 1.29 is 19.4 Å². The Kier molecular flexibility index (Phi) is 5.40. The van der Waals surface area contributed by atoms with Gasteiger partial charge in [0.05, 0.1) is 28.8 Å². The van der Waals surface area contributed by atoms with Gasteiger partial charge in [-0.15, -0.1) is 0 Å². The van der Waals surface area contributed by atoms with Crippen LogP contribution < -0.4 is 5.32 Å². The second-order valence-corrected chi connectivity index (χ2v) is 8.16. The van der Waals surface area contributed by atoms with Gasteiger partial charge in [-0.1, -0.05) is 29.3 Å². The molecule has 1 unspecified atom stereocenters. The van der Waals surface area contributed by atoms with Crippen LogP contribution in [0.15, 0.2) is 36.4 Å². The summed E-state index contributed by atoms with van der Waals surface area (Å²) in [6.45, 7) is 8.09. The van der Waals surface area contributed by atoms with E-state index in [1.54, 1.807) is 35.9 Å². The number of hydrogen-bond acceptors (Lipinski definition) is 3. The molecule has 0 bridgehead atoms. The number of ether oxygens (including phenoxy) is 1. The number of carboxylic acid groups (broad SMARTS) is 1. The van der Waals surface area contributed by atoms with E-state index in [4.69, 9.17) is 34.5 Å². The molecule has 9 heteroatoms. The molecule has 1 aliphatic heterocycles. The number of rotatable bonds is 4. The topological polar surface area (TPSA) is 84.9 Å². The van der Waals surface area contributed by atoms with Crippen molar-refractivity contribution >= 4 is 51.7 Å². The fourth-order valence-corrected chi connectivity index (χ4v) is 4.33. The van der Waals surface area contributed by atoms with Crippen molar-refractivity contribution in [2.24, 2.45) is 7.05 Å². The van der Waals surface area contributed by atoms with Crippen molar-refractivity contribution in [3.63, 3.8) is 0 Å². The number of aromatic carboxylic acids is 1. The van der Waals surface area contributed by atoms with Gasteiger partial charge in [0.1, 0.15) is 5.69 Å². The van der Waals surface area contributed by atoms with E-state index >= 15 is 0 Å². The molecule has 0 spiro atoms. The highest BCUT2D eigenvalue weighted by Crippen LogP contribution is 2.38. The van der Waals surface area contributed by atoms with Crippen molar-refractivity contribution in [2.45, 2.75) is 12.0 Å². The number of hydrogen-bond donors (Lipinski definition) is 2. The number of aromatic nitrogens is 1. The minimum atomic E-state index is -1.12. The highest BCUT2D eigenvalue weighted by atomic mass is 35.5.